The molecular formula is C70H124N2O7P+. The lowest BCUT2D eigenvalue weighted by Gasteiger charge is -2.27. The Hall–Kier alpha value is -3.33. The van der Waals surface area contributed by atoms with E-state index in [2.05, 4.69) is 123 Å². The molecule has 0 saturated carbocycles. The standard InChI is InChI=1S/C70H123N2O7P/c1-7-10-13-16-19-22-25-28-30-32-33-34-35-36-37-38-39-41-43-45-48-51-54-57-60-63-70(74)79-68(61-58-55-52-49-46-27-24-21-18-15-12-9-3)67(66-78-80(75,76)77-65-64-72(4,5)6)71-69(73)62-59-56-53-50-47-44-42-40-31-29-26-23-20-17-14-11-8-2/h10,13,19-20,22-23,28-31,33-34,36-37,42,44,58,61,67-68H,7-9,11-12,14-18,21,24-27,32,35,38-41,43,45-57,59-60,62-66H2,1-6H3,(H-,71,73,75,76)/p+1/b13-10-,22-19-,23-20-,30-28-,31-29-,34-33-,37-36-,44-42-,61-58-. The summed E-state index contributed by atoms with van der Waals surface area (Å²) in [4.78, 5) is 37.8. The third kappa shape index (κ3) is 59.3. The van der Waals surface area contributed by atoms with Crippen LogP contribution in [0, 0.1) is 0 Å². The van der Waals surface area contributed by atoms with E-state index < -0.39 is 20.0 Å². The summed E-state index contributed by atoms with van der Waals surface area (Å²) in [5.74, 6) is -0.540. The van der Waals surface area contributed by atoms with Crippen LogP contribution in [0.1, 0.15) is 271 Å². The summed E-state index contributed by atoms with van der Waals surface area (Å²) in [6, 6.07) is -0.869. The van der Waals surface area contributed by atoms with Crippen molar-refractivity contribution in [3.8, 4) is 0 Å². The molecule has 0 aromatic heterocycles. The number of likely N-dealkylation sites (N-methyl/N-ethyl adjacent to an activating group) is 1. The quantitative estimate of drug-likeness (QED) is 0.0205. The monoisotopic (exact) mass is 1140 g/mol. The van der Waals surface area contributed by atoms with E-state index in [1.54, 1.807) is 0 Å². The van der Waals surface area contributed by atoms with Gasteiger partial charge in [0.05, 0.1) is 33.8 Å². The van der Waals surface area contributed by atoms with Crippen LogP contribution in [0.4, 0.5) is 0 Å². The highest BCUT2D eigenvalue weighted by Gasteiger charge is 2.30. The van der Waals surface area contributed by atoms with Crippen molar-refractivity contribution in [1.29, 1.82) is 0 Å². The second-order valence-electron chi connectivity index (χ2n) is 22.9. The lowest BCUT2D eigenvalue weighted by atomic mass is 10.0. The Balaban J connectivity index is 5.20. The first-order valence-corrected chi connectivity index (χ1v) is 34.2. The fraction of sp³-hybridized carbons (Fsp3) is 0.714. The molecule has 0 aliphatic rings. The summed E-state index contributed by atoms with van der Waals surface area (Å²) in [6.07, 6.45) is 80.9. The number of carbonyl (C=O) groups excluding carboxylic acids is 2. The Labute approximate surface area is 493 Å². The maximum atomic E-state index is 13.6. The molecule has 0 radical (unpaired) electrons. The molecule has 0 rings (SSSR count). The zero-order valence-corrected chi connectivity index (χ0v) is 53.4. The first kappa shape index (κ1) is 76.7. The number of amides is 1. The molecule has 0 bridgehead atoms. The van der Waals surface area contributed by atoms with Crippen molar-refractivity contribution in [3.05, 3.63) is 109 Å². The summed E-state index contributed by atoms with van der Waals surface area (Å²) in [7, 11) is 1.47. The molecule has 0 aromatic rings. The maximum Gasteiger partial charge on any atom is 0.472 e. The average molecular weight is 1140 g/mol. The second kappa shape index (κ2) is 58.9. The smallest absolute Gasteiger partial charge is 0.456 e. The molecule has 0 fully saturated rings. The normalized spacial score (nSPS) is 14.3. The molecule has 0 saturated heterocycles. The van der Waals surface area contributed by atoms with Gasteiger partial charge in [-0.1, -0.05) is 252 Å². The number of hydrogen-bond donors (Lipinski definition) is 2. The minimum atomic E-state index is -4.46. The number of phosphoric ester groups is 1. The van der Waals surface area contributed by atoms with Crippen LogP contribution in [0.15, 0.2) is 109 Å². The third-order valence-electron chi connectivity index (χ3n) is 13.9. The van der Waals surface area contributed by atoms with E-state index in [-0.39, 0.29) is 31.5 Å². The SMILES string of the molecule is CC/C=C\C/C=C\C/C=C\C/C=C\C/C=C\CCCCCCCCCCCC(=O)OC(/C=C\CCCCCCCCCCCC)C(COP(=O)(O)OCC[N+](C)(C)C)NC(=O)CCCCCC/C=C\C/C=C\C/C=C\CCCCC. The number of esters is 1. The van der Waals surface area contributed by atoms with Crippen LogP contribution in [0.2, 0.25) is 0 Å². The molecule has 0 aromatic carbocycles. The minimum absolute atomic E-state index is 0.0296. The van der Waals surface area contributed by atoms with Crippen molar-refractivity contribution in [1.82, 2.24) is 5.32 Å². The highest BCUT2D eigenvalue weighted by atomic mass is 31.2. The van der Waals surface area contributed by atoms with E-state index in [4.69, 9.17) is 13.8 Å². The number of allylic oxidation sites excluding steroid dienone is 17. The lowest BCUT2D eigenvalue weighted by molar-refractivity contribution is -0.870. The predicted octanol–water partition coefficient (Wildman–Crippen LogP) is 20.5. The van der Waals surface area contributed by atoms with E-state index in [0.717, 1.165) is 128 Å². The summed E-state index contributed by atoms with van der Waals surface area (Å²) < 4.78 is 30.7. The van der Waals surface area contributed by atoms with Gasteiger partial charge >= 0.3 is 13.8 Å². The molecule has 1 amide bonds. The number of unbranched alkanes of at least 4 members (excludes halogenated alkanes) is 26. The van der Waals surface area contributed by atoms with Crippen LogP contribution >= 0.6 is 7.82 Å². The van der Waals surface area contributed by atoms with Crippen LogP contribution in [-0.4, -0.2) is 74.3 Å². The fourth-order valence-corrected chi connectivity index (χ4v) is 9.65. The van der Waals surface area contributed by atoms with Crippen LogP contribution in [0.3, 0.4) is 0 Å². The number of phosphoric acid groups is 1. The van der Waals surface area contributed by atoms with E-state index in [1.165, 1.54) is 109 Å². The number of carbonyl (C=O) groups is 2. The molecule has 0 aliphatic carbocycles. The Morgan fingerprint density at radius 2 is 0.800 bits per heavy atom. The molecule has 80 heavy (non-hydrogen) atoms. The second-order valence-corrected chi connectivity index (χ2v) is 24.4. The largest absolute Gasteiger partial charge is 0.472 e. The first-order chi connectivity index (χ1) is 38.9. The summed E-state index contributed by atoms with van der Waals surface area (Å²) in [5, 5.41) is 3.04. The number of nitrogens with one attached hydrogen (secondary N) is 1. The average Bonchev–Trinajstić information content (AvgIpc) is 3.42. The van der Waals surface area contributed by atoms with Crippen LogP contribution in [0.25, 0.3) is 0 Å². The number of hydrogen-bond acceptors (Lipinski definition) is 6. The van der Waals surface area contributed by atoms with E-state index in [9.17, 15) is 19.0 Å². The van der Waals surface area contributed by atoms with Crippen molar-refractivity contribution < 1.29 is 37.3 Å². The van der Waals surface area contributed by atoms with Crippen molar-refractivity contribution in [2.45, 2.75) is 283 Å². The van der Waals surface area contributed by atoms with E-state index >= 15 is 0 Å². The van der Waals surface area contributed by atoms with Crippen molar-refractivity contribution in [2.24, 2.45) is 0 Å². The fourth-order valence-electron chi connectivity index (χ4n) is 8.91. The number of quaternary nitrogens is 1. The molecule has 3 unspecified atom stereocenters. The van der Waals surface area contributed by atoms with Gasteiger partial charge in [0.25, 0.3) is 0 Å². The molecule has 2 N–H and O–H groups in total. The first-order valence-electron chi connectivity index (χ1n) is 32.7. The van der Waals surface area contributed by atoms with Gasteiger partial charge in [0, 0.05) is 12.8 Å². The van der Waals surface area contributed by atoms with Gasteiger partial charge in [-0.2, -0.15) is 0 Å². The molecule has 0 spiro atoms. The Morgan fingerprint density at radius 1 is 0.450 bits per heavy atom. The third-order valence-corrected chi connectivity index (χ3v) is 14.9. The van der Waals surface area contributed by atoms with Gasteiger partial charge in [0.2, 0.25) is 5.91 Å². The van der Waals surface area contributed by atoms with Crippen molar-refractivity contribution in [2.75, 3.05) is 40.9 Å². The number of ether oxygens (including phenoxy) is 1. The van der Waals surface area contributed by atoms with Gasteiger partial charge in [0.1, 0.15) is 19.3 Å². The van der Waals surface area contributed by atoms with Gasteiger partial charge in [-0.15, -0.1) is 0 Å². The minimum Gasteiger partial charge on any atom is -0.456 e. The number of nitrogens with zero attached hydrogens (tertiary/aromatic N) is 1. The molecule has 0 heterocycles. The molecule has 10 heteroatoms. The summed E-state index contributed by atoms with van der Waals surface area (Å²) in [6.45, 7) is 6.85. The molecule has 0 aliphatic heterocycles. The van der Waals surface area contributed by atoms with Gasteiger partial charge < -0.3 is 19.4 Å². The zero-order chi connectivity index (χ0) is 58.6. The molecule has 3 atom stereocenters. The summed E-state index contributed by atoms with van der Waals surface area (Å²) >= 11 is 0. The topological polar surface area (TPSA) is 111 Å². The Kier molecular flexibility index (Phi) is 56.4. The van der Waals surface area contributed by atoms with E-state index in [1.807, 2.05) is 33.3 Å². The van der Waals surface area contributed by atoms with Gasteiger partial charge in [0.15, 0.2) is 0 Å². The van der Waals surface area contributed by atoms with Gasteiger partial charge in [-0.05, 0) is 115 Å². The highest BCUT2D eigenvalue weighted by Crippen LogP contribution is 2.43. The Bertz CT molecular complexity index is 1740. The van der Waals surface area contributed by atoms with E-state index in [0.29, 0.717) is 17.4 Å². The maximum absolute atomic E-state index is 13.6. The zero-order valence-electron chi connectivity index (χ0n) is 52.5. The Morgan fingerprint density at radius 3 is 1.23 bits per heavy atom. The van der Waals surface area contributed by atoms with Crippen LogP contribution in [-0.2, 0) is 27.9 Å². The molecular weight excluding hydrogens is 1010 g/mol. The molecule has 460 valence electrons. The van der Waals surface area contributed by atoms with Crippen LogP contribution < -0.4 is 5.32 Å². The van der Waals surface area contributed by atoms with Gasteiger partial charge in [-0.3, -0.25) is 18.6 Å². The number of rotatable bonds is 58. The summed E-state index contributed by atoms with van der Waals surface area (Å²) in [5.41, 5.74) is 0. The van der Waals surface area contributed by atoms with Crippen molar-refractivity contribution in [3.63, 3.8) is 0 Å². The lowest BCUT2D eigenvalue weighted by Crippen LogP contribution is -2.47. The molecule has 9 nitrogen and oxygen atoms in total. The highest BCUT2D eigenvalue weighted by molar-refractivity contribution is 7.47. The van der Waals surface area contributed by atoms with Crippen molar-refractivity contribution >= 4 is 19.7 Å². The predicted molar refractivity (Wildman–Crippen MR) is 346 cm³/mol. The van der Waals surface area contributed by atoms with Crippen LogP contribution in [0.5, 0.6) is 0 Å². The van der Waals surface area contributed by atoms with Gasteiger partial charge in [-0.25, -0.2) is 4.57 Å².